The summed E-state index contributed by atoms with van der Waals surface area (Å²) in [6.45, 7) is 5.46. The number of nitrogens with zero attached hydrogens (tertiary/aromatic N) is 7. The highest BCUT2D eigenvalue weighted by Gasteiger charge is 2.46. The molecule has 1 saturated carbocycles. The summed E-state index contributed by atoms with van der Waals surface area (Å²) in [5, 5.41) is 14.9. The van der Waals surface area contributed by atoms with E-state index in [9.17, 15) is 24.0 Å². The predicted molar refractivity (Wildman–Crippen MR) is 211 cm³/mol. The number of rotatable bonds is 8. The molecule has 1 unspecified atom stereocenters. The maximum Gasteiger partial charge on any atom is 0.262 e. The molecule has 0 bridgehead atoms. The molecule has 6 aliphatic rings. The smallest absolute Gasteiger partial charge is 0.262 e. The van der Waals surface area contributed by atoms with Gasteiger partial charge in [-0.2, -0.15) is 5.26 Å². The van der Waals surface area contributed by atoms with Crippen molar-refractivity contribution >= 4 is 52.8 Å². The van der Waals surface area contributed by atoms with Gasteiger partial charge < -0.3 is 19.9 Å². The highest BCUT2D eigenvalue weighted by molar-refractivity contribution is 6.31. The molecule has 6 heterocycles. The molecule has 58 heavy (non-hydrogen) atoms. The van der Waals surface area contributed by atoms with E-state index in [-0.39, 0.29) is 30.9 Å². The first-order chi connectivity index (χ1) is 28.1. The molecular formula is C42H44ClN9O6. The molecule has 300 valence electrons. The Hall–Kier alpha value is -5.59. The minimum Gasteiger partial charge on any atom is -0.490 e. The number of imide groups is 2. The van der Waals surface area contributed by atoms with Crippen molar-refractivity contribution in [2.24, 2.45) is 11.8 Å². The molecule has 0 radical (unpaired) electrons. The molecule has 1 aliphatic carbocycles. The van der Waals surface area contributed by atoms with Crippen molar-refractivity contribution in [3.05, 3.63) is 76.1 Å². The molecule has 0 spiro atoms. The number of hydrogen-bond acceptors (Lipinski definition) is 12. The highest BCUT2D eigenvalue weighted by Crippen LogP contribution is 2.37. The maximum atomic E-state index is 13.4. The van der Waals surface area contributed by atoms with Gasteiger partial charge >= 0.3 is 0 Å². The van der Waals surface area contributed by atoms with Crippen molar-refractivity contribution in [2.45, 2.75) is 75.6 Å². The van der Waals surface area contributed by atoms with Crippen LogP contribution >= 0.6 is 11.6 Å². The van der Waals surface area contributed by atoms with Crippen LogP contribution in [0, 0.1) is 23.2 Å². The van der Waals surface area contributed by atoms with Crippen molar-refractivity contribution in [1.29, 1.82) is 5.26 Å². The molecule has 5 fully saturated rings. The quantitative estimate of drug-likeness (QED) is 0.317. The Morgan fingerprint density at radius 1 is 0.845 bits per heavy atom. The van der Waals surface area contributed by atoms with Crippen LogP contribution in [0.2, 0.25) is 5.02 Å². The molecule has 9 rings (SSSR count). The number of carbonyl (C=O) groups is 5. The third kappa shape index (κ3) is 7.35. The van der Waals surface area contributed by atoms with E-state index in [2.05, 4.69) is 41.4 Å². The summed E-state index contributed by atoms with van der Waals surface area (Å²) in [6, 6.07) is 12.0. The number of amides is 5. The number of ether oxygens (including phenoxy) is 1. The minimum absolute atomic E-state index is 0.0222. The van der Waals surface area contributed by atoms with Gasteiger partial charge in [-0.15, -0.1) is 0 Å². The molecule has 3 aromatic rings. The van der Waals surface area contributed by atoms with Gasteiger partial charge in [0.25, 0.3) is 17.7 Å². The van der Waals surface area contributed by atoms with Crippen LogP contribution in [0.15, 0.2) is 48.8 Å². The van der Waals surface area contributed by atoms with Gasteiger partial charge in [0.2, 0.25) is 17.8 Å². The van der Waals surface area contributed by atoms with Crippen LogP contribution < -0.4 is 25.2 Å². The first-order valence-electron chi connectivity index (χ1n) is 20.2. The number of hydrogen-bond donors (Lipinski definition) is 2. The largest absolute Gasteiger partial charge is 0.490 e. The number of fused-ring (bicyclic) bond motifs is 2. The number of nitrogens with one attached hydrogen (secondary N) is 2. The maximum absolute atomic E-state index is 13.4. The number of nitriles is 1. The van der Waals surface area contributed by atoms with E-state index in [1.165, 1.54) is 0 Å². The highest BCUT2D eigenvalue weighted by atomic mass is 35.5. The standard InChI is InChI=1S/C42H44ClN9O6/c43-35-16-32(5-1-24(35)17-44)58-31-6-2-28(3-7-31)47-38(54)25-18-45-42(46-19-25)51-22-26-20-50(21-27(26)23-51)29-11-13-49(14-12-29)30-4-8-33-34(15-30)41(57)52(40(33)56)36-9-10-37(53)48-39(36)55/h1,4-5,8,15-16,18-19,26-29,31,36H,2-3,6-7,9-14,20-23H2,(H,47,54)(H,48,53,55)/t26-,27+,28?,31?,36?. The molecular weight excluding hydrogens is 762 g/mol. The zero-order chi connectivity index (χ0) is 40.1. The predicted octanol–water partition coefficient (Wildman–Crippen LogP) is 3.56. The van der Waals surface area contributed by atoms with Crippen LogP contribution in [0.1, 0.15) is 88.0 Å². The number of carbonyl (C=O) groups excluding carboxylic acids is 5. The second kappa shape index (κ2) is 15.6. The second-order valence-corrected chi connectivity index (χ2v) is 16.8. The molecule has 3 atom stereocenters. The van der Waals surface area contributed by atoms with E-state index in [1.807, 2.05) is 6.07 Å². The lowest BCUT2D eigenvalue weighted by molar-refractivity contribution is -0.136. The molecule has 5 amide bonds. The number of likely N-dealkylation sites (tertiary alicyclic amines) is 1. The van der Waals surface area contributed by atoms with Crippen molar-refractivity contribution in [3.8, 4) is 11.8 Å². The summed E-state index contributed by atoms with van der Waals surface area (Å²) in [5.74, 6) is 0.181. The second-order valence-electron chi connectivity index (χ2n) is 16.4. The van der Waals surface area contributed by atoms with Gasteiger partial charge in [-0.1, -0.05) is 11.6 Å². The Morgan fingerprint density at radius 3 is 2.22 bits per heavy atom. The van der Waals surface area contributed by atoms with Crippen molar-refractivity contribution in [3.63, 3.8) is 0 Å². The van der Waals surface area contributed by atoms with Gasteiger partial charge in [0, 0.05) is 81.9 Å². The molecule has 5 aliphatic heterocycles. The van der Waals surface area contributed by atoms with Crippen LogP contribution in [0.25, 0.3) is 0 Å². The zero-order valence-corrected chi connectivity index (χ0v) is 32.7. The van der Waals surface area contributed by atoms with E-state index in [0.29, 0.717) is 56.9 Å². The first kappa shape index (κ1) is 38.0. The first-order valence-corrected chi connectivity index (χ1v) is 20.6. The van der Waals surface area contributed by atoms with Gasteiger partial charge in [-0.25, -0.2) is 9.97 Å². The average molecular weight is 806 g/mol. The van der Waals surface area contributed by atoms with Crippen LogP contribution in [0.4, 0.5) is 11.6 Å². The zero-order valence-electron chi connectivity index (χ0n) is 31.9. The van der Waals surface area contributed by atoms with E-state index < -0.39 is 29.7 Å². The van der Waals surface area contributed by atoms with Crippen molar-refractivity contribution < 1.29 is 28.7 Å². The molecule has 1 aromatic heterocycles. The molecule has 15 nitrogen and oxygen atoms in total. The van der Waals surface area contributed by atoms with Crippen LogP contribution in [-0.2, 0) is 9.59 Å². The van der Waals surface area contributed by atoms with Gasteiger partial charge in [0.05, 0.1) is 33.4 Å². The number of aromatic nitrogens is 2. The lowest BCUT2D eigenvalue weighted by atomic mass is 9.92. The van der Waals surface area contributed by atoms with E-state index in [1.54, 1.807) is 42.7 Å². The summed E-state index contributed by atoms with van der Waals surface area (Å²) >= 11 is 6.15. The Morgan fingerprint density at radius 2 is 1.55 bits per heavy atom. The van der Waals surface area contributed by atoms with Crippen molar-refractivity contribution in [1.82, 2.24) is 30.4 Å². The minimum atomic E-state index is -0.975. The molecule has 2 N–H and O–H groups in total. The van der Waals surface area contributed by atoms with E-state index in [4.69, 9.17) is 21.6 Å². The number of piperidine rings is 2. The Bertz CT molecular complexity index is 2180. The number of anilines is 2. The average Bonchev–Trinajstić information content (AvgIpc) is 3.89. The van der Waals surface area contributed by atoms with Gasteiger partial charge in [-0.3, -0.25) is 39.1 Å². The lowest BCUT2D eigenvalue weighted by Gasteiger charge is -2.38. The van der Waals surface area contributed by atoms with Gasteiger partial charge in [0.15, 0.2) is 0 Å². The summed E-state index contributed by atoms with van der Waals surface area (Å²) < 4.78 is 6.09. The topological polar surface area (TPSA) is 181 Å². The van der Waals surface area contributed by atoms with Gasteiger partial charge in [-0.05, 0) is 87.1 Å². The SMILES string of the molecule is N#Cc1ccc(OC2CCC(NC(=O)c3cnc(N4C[C@@H]5CN(C6CCN(c7ccc8c(c7)C(=O)N(C7CCC(=O)NC7=O)C8=O)CC6)C[C@@H]5C4)nc3)CC2)cc1Cl. The Balaban J connectivity index is 0.718. The Kier molecular flexibility index (Phi) is 10.2. The fourth-order valence-electron chi connectivity index (χ4n) is 9.68. The fraction of sp³-hybridized carbons (Fsp3) is 0.476. The summed E-state index contributed by atoms with van der Waals surface area (Å²) in [5.41, 5.74) is 2.35. The fourth-order valence-corrected chi connectivity index (χ4v) is 9.90. The van der Waals surface area contributed by atoms with Gasteiger partial charge in [0.1, 0.15) is 17.9 Å². The molecule has 16 heteroatoms. The lowest BCUT2D eigenvalue weighted by Crippen LogP contribution is -2.54. The van der Waals surface area contributed by atoms with Crippen molar-refractivity contribution in [2.75, 3.05) is 49.1 Å². The number of halogens is 1. The normalized spacial score (nSPS) is 26.3. The van der Waals surface area contributed by atoms with Crippen LogP contribution in [-0.4, -0.2) is 113 Å². The Labute approximate surface area is 340 Å². The van der Waals surface area contributed by atoms with E-state index in [0.717, 1.165) is 88.4 Å². The van der Waals surface area contributed by atoms with Crippen LogP contribution in [0.5, 0.6) is 5.75 Å². The summed E-state index contributed by atoms with van der Waals surface area (Å²) in [4.78, 5) is 81.0. The van der Waals surface area contributed by atoms with E-state index >= 15 is 0 Å². The molecule has 2 aromatic carbocycles. The summed E-state index contributed by atoms with van der Waals surface area (Å²) in [7, 11) is 0. The van der Waals surface area contributed by atoms with Crippen LogP contribution in [0.3, 0.4) is 0 Å². The third-order valence-corrected chi connectivity index (χ3v) is 13.2. The summed E-state index contributed by atoms with van der Waals surface area (Å²) in [6.07, 6.45) is 8.65. The number of benzene rings is 2. The molecule has 4 saturated heterocycles. The monoisotopic (exact) mass is 805 g/mol. The third-order valence-electron chi connectivity index (χ3n) is 12.8.